The Morgan fingerprint density at radius 3 is 1.95 bits per heavy atom. The van der Waals surface area contributed by atoms with Gasteiger partial charge in [-0.1, -0.05) is 100 Å². The summed E-state index contributed by atoms with van der Waals surface area (Å²) in [5.74, 6) is 2.45. The number of hydrogen-bond acceptors (Lipinski definition) is 12. The van der Waals surface area contributed by atoms with Gasteiger partial charge in [-0.05, 0) is 121 Å². The first-order valence-electron chi connectivity index (χ1n) is 17.7. The number of carbonyl (C=O) groups excluding carboxylic acids is 2. The highest BCUT2D eigenvalue weighted by Crippen LogP contribution is 2.26. The Kier molecular flexibility index (Phi) is 17.8. The van der Waals surface area contributed by atoms with E-state index in [0.717, 1.165) is 49.2 Å². The smallest absolute Gasteiger partial charge is 0.257 e. The molecule has 292 valence electrons. The fourth-order valence-electron chi connectivity index (χ4n) is 4.69. The third-order valence-corrected chi connectivity index (χ3v) is 12.9. The minimum Gasteiger partial charge on any atom is -0.483 e. The Morgan fingerprint density at radius 1 is 0.764 bits per heavy atom. The second-order valence-electron chi connectivity index (χ2n) is 12.5. The normalized spacial score (nSPS) is 12.3. The van der Waals surface area contributed by atoms with E-state index in [4.69, 9.17) is 41.4 Å². The number of benzene rings is 3. The number of anilines is 2. The number of aromatic amines is 3. The van der Waals surface area contributed by atoms with E-state index in [9.17, 15) is 9.59 Å². The van der Waals surface area contributed by atoms with Crippen LogP contribution in [0.15, 0.2) is 71.1 Å². The number of nitrogens with one attached hydrogen (secondary N) is 5. The minimum absolute atomic E-state index is 0.0339. The van der Waals surface area contributed by atoms with Gasteiger partial charge in [0.1, 0.15) is 11.7 Å². The number of fused-ring (bicyclic) bond motifs is 1. The van der Waals surface area contributed by atoms with E-state index in [1.165, 1.54) is 56.9 Å². The van der Waals surface area contributed by atoms with E-state index in [1.54, 1.807) is 0 Å². The molecule has 17 heteroatoms. The summed E-state index contributed by atoms with van der Waals surface area (Å²) in [6.45, 7) is 12.7. The molecule has 0 spiro atoms. The van der Waals surface area contributed by atoms with Crippen molar-refractivity contribution < 1.29 is 14.3 Å². The van der Waals surface area contributed by atoms with Crippen molar-refractivity contribution in [2.24, 2.45) is 5.92 Å². The summed E-state index contributed by atoms with van der Waals surface area (Å²) in [4.78, 5) is 26.8. The van der Waals surface area contributed by atoms with E-state index in [2.05, 4.69) is 75.8 Å². The molecule has 0 saturated heterocycles. The van der Waals surface area contributed by atoms with E-state index < -0.39 is 0 Å². The van der Waals surface area contributed by atoms with Crippen molar-refractivity contribution in [3.05, 3.63) is 95.3 Å². The molecule has 3 heterocycles. The van der Waals surface area contributed by atoms with Gasteiger partial charge < -0.3 is 15.0 Å². The minimum atomic E-state index is -0.173. The molecule has 0 bridgehead atoms. The highest BCUT2D eigenvalue weighted by Gasteiger charge is 2.12. The van der Waals surface area contributed by atoms with Crippen LogP contribution in [0.5, 0.6) is 5.75 Å². The third-order valence-electron chi connectivity index (χ3n) is 8.65. The summed E-state index contributed by atoms with van der Waals surface area (Å²) >= 11 is 20.7. The van der Waals surface area contributed by atoms with Gasteiger partial charge in [0, 0.05) is 17.2 Å². The molecule has 0 saturated carbocycles. The van der Waals surface area contributed by atoms with Crippen molar-refractivity contribution in [2.75, 3.05) is 16.6 Å². The van der Waals surface area contributed by atoms with Crippen LogP contribution in [0.2, 0.25) is 0 Å². The van der Waals surface area contributed by atoms with Crippen molar-refractivity contribution in [1.82, 2.24) is 25.4 Å². The Morgan fingerprint density at radius 2 is 1.38 bits per heavy atom. The second-order valence-corrected chi connectivity index (χ2v) is 18.7. The number of ether oxygens (including phenoxy) is 1. The Hall–Kier alpha value is -3.58. The quantitative estimate of drug-likeness (QED) is 0.0436. The summed E-state index contributed by atoms with van der Waals surface area (Å²) in [6, 6.07) is 21.8. The molecule has 0 aliphatic rings. The average molecular weight is 872 g/mol. The number of hydrogen-bond donors (Lipinski definition) is 5. The van der Waals surface area contributed by atoms with Crippen LogP contribution in [0, 0.1) is 17.8 Å². The number of carbonyl (C=O) groups is 2. The van der Waals surface area contributed by atoms with E-state index in [-0.39, 0.29) is 17.7 Å². The molecule has 55 heavy (non-hydrogen) atoms. The van der Waals surface area contributed by atoms with E-state index >= 15 is 0 Å². The van der Waals surface area contributed by atoms with Crippen LogP contribution in [0.4, 0.5) is 10.8 Å². The van der Waals surface area contributed by atoms with E-state index in [1.807, 2.05) is 68.4 Å². The summed E-state index contributed by atoms with van der Waals surface area (Å²) in [5.41, 5.74) is 5.00. The lowest BCUT2D eigenvalue weighted by Gasteiger charge is -2.10. The highest BCUT2D eigenvalue weighted by atomic mass is 32.2. The molecule has 10 nitrogen and oxygen atoms in total. The van der Waals surface area contributed by atoms with Crippen LogP contribution in [0.1, 0.15) is 94.1 Å². The van der Waals surface area contributed by atoms with Gasteiger partial charge in [0.25, 0.3) is 5.91 Å². The number of rotatable bonds is 13. The molecule has 0 radical (unpaired) electrons. The maximum Gasteiger partial charge on any atom is 0.257 e. The number of thioether (sulfide) groups is 1. The third kappa shape index (κ3) is 14.1. The predicted molar refractivity (Wildman–Crippen MR) is 239 cm³/mol. The first-order chi connectivity index (χ1) is 26.4. The molecule has 6 rings (SSSR count). The predicted octanol–water partition coefficient (Wildman–Crippen LogP) is 12.8. The monoisotopic (exact) mass is 871 g/mol. The lowest BCUT2D eigenvalue weighted by molar-refractivity contribution is -0.119. The van der Waals surface area contributed by atoms with Crippen molar-refractivity contribution >= 4 is 115 Å². The maximum absolute atomic E-state index is 12.0. The molecule has 5 N–H and O–H groups in total. The summed E-state index contributed by atoms with van der Waals surface area (Å²) in [7, 11) is 0. The first-order valence-corrected chi connectivity index (χ1v) is 22.4. The Balaban J connectivity index is 0.000000184. The lowest BCUT2D eigenvalue weighted by atomic mass is 9.97. The van der Waals surface area contributed by atoms with Gasteiger partial charge in [-0.2, -0.15) is 5.10 Å². The van der Waals surface area contributed by atoms with Crippen LogP contribution in [0.25, 0.3) is 10.2 Å². The van der Waals surface area contributed by atoms with Crippen molar-refractivity contribution in [3.8, 4) is 5.75 Å². The zero-order valence-corrected chi connectivity index (χ0v) is 37.1. The lowest BCUT2D eigenvalue weighted by Crippen LogP contribution is -2.19. The van der Waals surface area contributed by atoms with Gasteiger partial charge in [0.2, 0.25) is 11.0 Å². The van der Waals surface area contributed by atoms with E-state index in [0.29, 0.717) is 36.4 Å². The number of amides is 2. The SMILES string of the molecule is CCC(C)C(=O)Nc1ccc2sc(=S)[nH]c2c1.CCC(C)c1ccc(C(=O)Nc2n[nH]c(=S)s2)cc1.CCC(C)c1ccc(OCSc2n[nH]c(=S)s2)cc1. The van der Waals surface area contributed by atoms with Crippen molar-refractivity contribution in [1.29, 1.82) is 0 Å². The summed E-state index contributed by atoms with van der Waals surface area (Å²) in [6.07, 6.45) is 3.08. The molecule has 3 atom stereocenters. The summed E-state index contributed by atoms with van der Waals surface area (Å²) < 4.78 is 9.67. The molecule has 0 fully saturated rings. The number of nitrogens with zero attached hydrogens (tertiary/aromatic N) is 2. The topological polar surface area (TPSA) is 141 Å². The molecule has 3 aromatic heterocycles. The molecule has 3 unspecified atom stereocenters. The fourth-order valence-corrected chi connectivity index (χ4v) is 8.38. The number of H-pyrrole nitrogens is 3. The van der Waals surface area contributed by atoms with Gasteiger partial charge in [-0.3, -0.25) is 25.1 Å². The van der Waals surface area contributed by atoms with Crippen molar-refractivity contribution in [3.63, 3.8) is 0 Å². The van der Waals surface area contributed by atoms with Crippen LogP contribution >= 0.6 is 82.4 Å². The molecule has 3 aromatic carbocycles. The molecule has 0 aliphatic carbocycles. The van der Waals surface area contributed by atoms with Gasteiger partial charge >= 0.3 is 0 Å². The maximum atomic E-state index is 12.0. The standard InChI is InChI=1S/C13H15N3OS2.C13H16N2OS3.C12H14N2OS2/c1-3-8(2)9-4-6-10(7-5-9)11(17)14-12-15-16-13(18)19-12;1-3-9(2)10-4-6-11(7-5-10)16-8-18-13-15-14-12(17)19-13;1-3-7(2)11(15)13-8-4-5-10-9(6-8)14-12(16)17-10/h4-8H,3H2,1-2H3,(H,16,18)(H,14,15,17);4-7,9H,3,8H2,1-2H3,(H,14,17);4-7H,3H2,1-2H3,(H,13,15)(H,14,16). The number of thiazole rings is 1. The van der Waals surface area contributed by atoms with Gasteiger partial charge in [0.15, 0.2) is 16.2 Å². The van der Waals surface area contributed by atoms with Crippen molar-refractivity contribution in [2.45, 2.75) is 77.0 Å². The van der Waals surface area contributed by atoms with Gasteiger partial charge in [-0.25, -0.2) is 0 Å². The Bertz CT molecular complexity index is 2290. The average Bonchev–Trinajstić information content (AvgIpc) is 3.92. The molecular weight excluding hydrogens is 827 g/mol. The Labute approximate surface area is 353 Å². The first kappa shape index (κ1) is 44.1. The summed E-state index contributed by atoms with van der Waals surface area (Å²) in [5, 5.41) is 19.4. The molecule has 6 aromatic rings. The second kappa shape index (κ2) is 22.2. The highest BCUT2D eigenvalue weighted by molar-refractivity contribution is 8.01. The van der Waals surface area contributed by atoms with Crippen LogP contribution in [-0.2, 0) is 4.79 Å². The van der Waals surface area contributed by atoms with Gasteiger partial charge in [0.05, 0.1) is 10.2 Å². The number of aromatic nitrogens is 5. The zero-order valence-electron chi connectivity index (χ0n) is 31.4. The van der Waals surface area contributed by atoms with Gasteiger partial charge in [-0.15, -0.1) is 16.4 Å². The van der Waals surface area contributed by atoms with Crippen LogP contribution in [-0.4, -0.2) is 43.1 Å². The molecule has 0 aliphatic heterocycles. The largest absolute Gasteiger partial charge is 0.483 e. The fraction of sp³-hybridized carbons (Fsp3) is 0.342. The molecule has 2 amide bonds. The zero-order chi connectivity index (χ0) is 39.9. The molecular formula is C38H45N7O3S7. The van der Waals surface area contributed by atoms with Crippen LogP contribution < -0.4 is 15.4 Å². The van der Waals surface area contributed by atoms with Crippen LogP contribution in [0.3, 0.4) is 0 Å².